The second-order valence-corrected chi connectivity index (χ2v) is 12.2. The van der Waals surface area contributed by atoms with Crippen molar-refractivity contribution < 1.29 is 40.7 Å². The van der Waals surface area contributed by atoms with Crippen molar-refractivity contribution in [1.29, 1.82) is 0 Å². The highest BCUT2D eigenvalue weighted by molar-refractivity contribution is 7.86. The van der Waals surface area contributed by atoms with Crippen molar-refractivity contribution in [2.75, 3.05) is 32.7 Å². The number of β-amino-alcohol motifs (C(OH)–C–C–N with tert-alkyl or cyclic N) is 1. The first-order valence-corrected chi connectivity index (χ1v) is 13.4. The topological polar surface area (TPSA) is 110 Å². The Hall–Kier alpha value is -2.29. The molecule has 0 spiro atoms. The van der Waals surface area contributed by atoms with Gasteiger partial charge in [-0.1, -0.05) is 12.1 Å². The molecule has 3 atom stereocenters. The van der Waals surface area contributed by atoms with Gasteiger partial charge in [-0.3, -0.25) is 9.59 Å². The lowest BCUT2D eigenvalue weighted by atomic mass is 9.97. The number of carbonyl (C=O) groups is 2. The third-order valence-electron chi connectivity index (χ3n) is 7.00. The maximum absolute atomic E-state index is 14.3. The Labute approximate surface area is 212 Å². The summed E-state index contributed by atoms with van der Waals surface area (Å²) in [6.45, 7) is 1.17. The maximum Gasteiger partial charge on any atom is 0.416 e. The summed E-state index contributed by atoms with van der Waals surface area (Å²) in [4.78, 5) is 27.3. The molecule has 0 bridgehead atoms. The van der Waals surface area contributed by atoms with Gasteiger partial charge in [0.05, 0.1) is 23.6 Å². The smallest absolute Gasteiger partial charge is 0.387 e. The molecule has 2 amide bonds. The number of likely N-dealkylation sites (tertiary alicyclic amines) is 1. The van der Waals surface area contributed by atoms with Crippen molar-refractivity contribution in [3.63, 3.8) is 0 Å². The van der Waals surface area contributed by atoms with Crippen LogP contribution in [0.4, 0.5) is 17.6 Å². The highest BCUT2D eigenvalue weighted by Gasteiger charge is 2.48. The molecule has 1 aromatic rings. The Morgan fingerprint density at radius 3 is 2.38 bits per heavy atom. The molecule has 0 radical (unpaired) electrons. The van der Waals surface area contributed by atoms with Crippen LogP contribution in [0.1, 0.15) is 37.3 Å². The quantitative estimate of drug-likeness (QED) is 0.519. The number of halogens is 4. The summed E-state index contributed by atoms with van der Waals surface area (Å²) in [6.07, 6.45) is -5.33. The van der Waals surface area contributed by atoms with Crippen LogP contribution in [0.25, 0.3) is 0 Å². The number of hydrogen-bond acceptors (Lipinski definition) is 5. The van der Waals surface area contributed by atoms with E-state index in [1.165, 1.54) is 23.4 Å². The number of carbonyl (C=O) groups excluding carboxylic acids is 2. The fourth-order valence-electron chi connectivity index (χ4n) is 5.02. The predicted octanol–water partition coefficient (Wildman–Crippen LogP) is 1.28. The van der Waals surface area contributed by atoms with Crippen LogP contribution in [0.3, 0.4) is 0 Å². The summed E-state index contributed by atoms with van der Waals surface area (Å²) in [6, 6.07) is 3.15. The number of aliphatic hydroxyl groups is 1. The first kappa shape index (κ1) is 27.7. The largest absolute Gasteiger partial charge is 0.416 e. The predicted molar refractivity (Wildman–Crippen MR) is 124 cm³/mol. The second kappa shape index (κ2) is 10.1. The number of benzene rings is 1. The van der Waals surface area contributed by atoms with Gasteiger partial charge in [0.25, 0.3) is 10.2 Å². The lowest BCUT2D eigenvalue weighted by Gasteiger charge is -2.46. The minimum absolute atomic E-state index is 0.0404. The van der Waals surface area contributed by atoms with Crippen LogP contribution < -0.4 is 5.32 Å². The van der Waals surface area contributed by atoms with Gasteiger partial charge in [-0.2, -0.15) is 30.2 Å². The van der Waals surface area contributed by atoms with Gasteiger partial charge < -0.3 is 15.3 Å². The van der Waals surface area contributed by atoms with Crippen LogP contribution in [0.5, 0.6) is 0 Å². The zero-order valence-corrected chi connectivity index (χ0v) is 21.1. The Kier molecular flexibility index (Phi) is 7.58. The molecule has 3 aliphatic rings. The van der Waals surface area contributed by atoms with E-state index >= 15 is 0 Å². The summed E-state index contributed by atoms with van der Waals surface area (Å²) in [5.74, 6) is -1.89. The molecule has 0 aliphatic carbocycles. The van der Waals surface area contributed by atoms with Crippen molar-refractivity contribution in [1.82, 2.24) is 18.8 Å². The van der Waals surface area contributed by atoms with Gasteiger partial charge in [-0.15, -0.1) is 0 Å². The third kappa shape index (κ3) is 6.07. The van der Waals surface area contributed by atoms with Gasteiger partial charge in [0.1, 0.15) is 12.2 Å². The molecule has 206 valence electrons. The molecule has 0 saturated carbocycles. The van der Waals surface area contributed by atoms with E-state index in [1.54, 1.807) is 0 Å². The summed E-state index contributed by atoms with van der Waals surface area (Å²) in [5, 5.41) is 12.5. The van der Waals surface area contributed by atoms with E-state index in [0.717, 1.165) is 21.3 Å². The molecule has 3 saturated heterocycles. The Morgan fingerprint density at radius 1 is 1.14 bits per heavy atom. The lowest BCUT2D eigenvalue weighted by molar-refractivity contribution is -0.142. The molecule has 4 rings (SSSR count). The van der Waals surface area contributed by atoms with Gasteiger partial charge in [-0.25, -0.2) is 4.39 Å². The normalized spacial score (nSPS) is 27.1. The van der Waals surface area contributed by atoms with Crippen LogP contribution in [-0.2, 0) is 32.5 Å². The number of rotatable bonds is 6. The zero-order valence-electron chi connectivity index (χ0n) is 20.2. The molecule has 37 heavy (non-hydrogen) atoms. The average Bonchev–Trinajstić information content (AvgIpc) is 3.22. The van der Waals surface area contributed by atoms with Crippen molar-refractivity contribution >= 4 is 22.0 Å². The Bertz CT molecular complexity index is 1120. The van der Waals surface area contributed by atoms with Crippen LogP contribution in [-0.4, -0.2) is 89.4 Å². The van der Waals surface area contributed by atoms with E-state index in [2.05, 4.69) is 5.32 Å². The van der Waals surface area contributed by atoms with Crippen LogP contribution in [0.2, 0.25) is 0 Å². The molecule has 3 aliphatic heterocycles. The number of nitrogens with one attached hydrogen (secondary N) is 1. The SMILES string of the molecule is CC1(O)CN(S(=O)(=O)N2CCC[C@H](C(=O)N3C[C@@H](F)C[C@@H]3C(=O)NCc3ccc(C(F)(F)F)cc3)C2)C1. The molecule has 1 aromatic carbocycles. The highest BCUT2D eigenvalue weighted by atomic mass is 32.2. The number of hydrogen-bond donors (Lipinski definition) is 2. The fourth-order valence-corrected chi connectivity index (χ4v) is 6.96. The van der Waals surface area contributed by atoms with Gasteiger partial charge in [-0.05, 0) is 37.5 Å². The third-order valence-corrected chi connectivity index (χ3v) is 8.90. The summed E-state index contributed by atoms with van der Waals surface area (Å²) in [7, 11) is -3.87. The molecule has 0 unspecified atom stereocenters. The average molecular weight is 551 g/mol. The highest BCUT2D eigenvalue weighted by Crippen LogP contribution is 2.31. The van der Waals surface area contributed by atoms with E-state index in [9.17, 15) is 40.7 Å². The molecular weight excluding hydrogens is 520 g/mol. The molecular formula is C23H30F4N4O5S. The van der Waals surface area contributed by atoms with Gasteiger partial charge >= 0.3 is 6.18 Å². The van der Waals surface area contributed by atoms with Crippen molar-refractivity contribution in [3.05, 3.63) is 35.4 Å². The molecule has 9 nitrogen and oxygen atoms in total. The molecule has 2 N–H and O–H groups in total. The van der Waals surface area contributed by atoms with E-state index < -0.39 is 57.5 Å². The fraction of sp³-hybridized carbons (Fsp3) is 0.652. The van der Waals surface area contributed by atoms with Crippen molar-refractivity contribution in [3.8, 4) is 0 Å². The molecule has 0 aromatic heterocycles. The minimum atomic E-state index is -4.48. The molecule has 3 fully saturated rings. The number of alkyl halides is 4. The van der Waals surface area contributed by atoms with E-state index in [-0.39, 0.29) is 45.7 Å². The first-order valence-electron chi connectivity index (χ1n) is 12.0. The van der Waals surface area contributed by atoms with Crippen LogP contribution >= 0.6 is 0 Å². The van der Waals surface area contributed by atoms with Gasteiger partial charge in [0, 0.05) is 39.1 Å². The molecule has 3 heterocycles. The maximum atomic E-state index is 14.3. The van der Waals surface area contributed by atoms with Crippen molar-refractivity contribution in [2.24, 2.45) is 5.92 Å². The minimum Gasteiger partial charge on any atom is -0.387 e. The van der Waals surface area contributed by atoms with Crippen LogP contribution in [0, 0.1) is 5.92 Å². The number of nitrogens with zero attached hydrogens (tertiary/aromatic N) is 3. The second-order valence-electron chi connectivity index (χ2n) is 10.2. The summed E-state index contributed by atoms with van der Waals surface area (Å²) in [5.41, 5.74) is -1.50. The Morgan fingerprint density at radius 2 is 1.78 bits per heavy atom. The summed E-state index contributed by atoms with van der Waals surface area (Å²) < 4.78 is 80.6. The lowest BCUT2D eigenvalue weighted by Crippen LogP contribution is -2.65. The summed E-state index contributed by atoms with van der Waals surface area (Å²) >= 11 is 0. The van der Waals surface area contributed by atoms with Gasteiger partial charge in [0.2, 0.25) is 11.8 Å². The molecule has 14 heteroatoms. The van der Waals surface area contributed by atoms with E-state index in [0.29, 0.717) is 18.4 Å². The van der Waals surface area contributed by atoms with E-state index in [1.807, 2.05) is 0 Å². The first-order chi connectivity index (χ1) is 17.2. The van der Waals surface area contributed by atoms with Crippen molar-refractivity contribution in [2.45, 2.75) is 56.7 Å². The number of amides is 2. The monoisotopic (exact) mass is 550 g/mol. The zero-order chi connectivity index (χ0) is 27.2. The Balaban J connectivity index is 1.37. The standard InChI is InChI=1S/C23H30F4N4O5S/c1-22(34)13-30(14-22)37(35,36)29-8-2-3-16(11-29)21(33)31-12-18(24)9-19(31)20(32)28-10-15-4-6-17(7-5-15)23(25,26)27/h4-7,16,18-19,34H,2-3,8-14H2,1H3,(H,28,32)/t16-,18-,19+/m0/s1. The van der Waals surface area contributed by atoms with Gasteiger partial charge in [0.15, 0.2) is 0 Å². The van der Waals surface area contributed by atoms with E-state index in [4.69, 9.17) is 0 Å². The number of piperidine rings is 1. The van der Waals surface area contributed by atoms with Crippen LogP contribution in [0.15, 0.2) is 24.3 Å².